The van der Waals surface area contributed by atoms with E-state index >= 15 is 0 Å². The summed E-state index contributed by atoms with van der Waals surface area (Å²) in [6.07, 6.45) is 12.3. The highest BCUT2D eigenvalue weighted by Crippen LogP contribution is 2.20. The molecule has 2 rings (SSSR count). The first-order valence-corrected chi connectivity index (χ1v) is 9.39. The first-order chi connectivity index (χ1) is 11.3. The molecule has 0 N–H and O–H groups in total. The maximum absolute atomic E-state index is 2.30. The quantitative estimate of drug-likeness (QED) is 0.456. The second kappa shape index (κ2) is 10.4. The molecular weight excluding hydrogens is 278 g/mol. The summed E-state index contributed by atoms with van der Waals surface area (Å²) >= 11 is 0. The molecule has 0 aliphatic carbocycles. The van der Waals surface area contributed by atoms with Crippen LogP contribution in [0.15, 0.2) is 42.5 Å². The highest BCUT2D eigenvalue weighted by Gasteiger charge is 2.00. The lowest BCUT2D eigenvalue weighted by atomic mass is 9.99. The van der Waals surface area contributed by atoms with E-state index in [-0.39, 0.29) is 0 Å². The molecule has 1 heteroatoms. The number of benzene rings is 2. The van der Waals surface area contributed by atoms with Gasteiger partial charge in [0.25, 0.3) is 0 Å². The van der Waals surface area contributed by atoms with E-state index in [2.05, 4.69) is 61.5 Å². The van der Waals surface area contributed by atoms with Gasteiger partial charge in [-0.25, -0.2) is 0 Å². The smallest absolute Gasteiger partial charge is 0.00248 e. The predicted molar refractivity (Wildman–Crippen MR) is 103 cm³/mol. The number of unbranched alkanes of at least 4 members (excludes halogenated alkanes) is 7. The molecule has 0 saturated carbocycles. The third-order valence-corrected chi connectivity index (χ3v) is 4.68. The molecule has 0 aliphatic heterocycles. The van der Waals surface area contributed by atoms with Crippen molar-refractivity contribution in [3.63, 3.8) is 0 Å². The Bertz CT molecular complexity index is 553. The van der Waals surface area contributed by atoms with Crippen molar-refractivity contribution in [3.05, 3.63) is 48.0 Å². The normalized spacial score (nSPS) is 11.4. The largest absolute Gasteiger partial charge is 0.309 e. The Kier molecular flexibility index (Phi) is 8.17. The van der Waals surface area contributed by atoms with Gasteiger partial charge >= 0.3 is 0 Å². The van der Waals surface area contributed by atoms with Crippen LogP contribution in [0, 0.1) is 0 Å². The summed E-state index contributed by atoms with van der Waals surface area (Å²) in [4.78, 5) is 2.29. The van der Waals surface area contributed by atoms with Crippen LogP contribution in [0.3, 0.4) is 0 Å². The van der Waals surface area contributed by atoms with Crippen LogP contribution < -0.4 is 0 Å². The standard InChI is InChI=1S/C22H33N/c1-23(2)19-12-8-6-4-3-5-7-9-14-20-16-13-17-21-15-10-11-18-22(20)21/h10-11,13,15-18H,3-9,12,14,19H2,1-2H3. The van der Waals surface area contributed by atoms with E-state index in [1.165, 1.54) is 80.7 Å². The number of hydrogen-bond acceptors (Lipinski definition) is 1. The molecule has 0 amide bonds. The van der Waals surface area contributed by atoms with Gasteiger partial charge in [-0.2, -0.15) is 0 Å². The average molecular weight is 312 g/mol. The van der Waals surface area contributed by atoms with Crippen molar-refractivity contribution in [3.8, 4) is 0 Å². The van der Waals surface area contributed by atoms with Gasteiger partial charge in [0.1, 0.15) is 0 Å². The number of nitrogens with zero attached hydrogens (tertiary/aromatic N) is 1. The lowest BCUT2D eigenvalue weighted by molar-refractivity contribution is 0.389. The molecule has 0 aromatic heterocycles. The van der Waals surface area contributed by atoms with Crippen LogP contribution >= 0.6 is 0 Å². The van der Waals surface area contributed by atoms with E-state index in [0.717, 1.165) is 0 Å². The lowest BCUT2D eigenvalue weighted by Crippen LogP contribution is -2.12. The molecule has 1 nitrogen and oxygen atoms in total. The first-order valence-electron chi connectivity index (χ1n) is 9.39. The SMILES string of the molecule is CN(C)CCCCCCCCCCc1cccc2ccccc12. The fourth-order valence-corrected chi connectivity index (χ4v) is 3.31. The van der Waals surface area contributed by atoms with Crippen molar-refractivity contribution in [2.75, 3.05) is 20.6 Å². The Labute approximate surface area is 142 Å². The summed E-state index contributed by atoms with van der Waals surface area (Å²) < 4.78 is 0. The lowest BCUT2D eigenvalue weighted by Gasteiger charge is -2.08. The zero-order valence-corrected chi connectivity index (χ0v) is 15.1. The molecule has 0 saturated heterocycles. The third kappa shape index (κ3) is 6.74. The van der Waals surface area contributed by atoms with Crippen molar-refractivity contribution in [1.29, 1.82) is 0 Å². The zero-order valence-electron chi connectivity index (χ0n) is 15.1. The third-order valence-electron chi connectivity index (χ3n) is 4.68. The van der Waals surface area contributed by atoms with Gasteiger partial charge in [-0.15, -0.1) is 0 Å². The monoisotopic (exact) mass is 311 g/mol. The molecule has 0 radical (unpaired) electrons. The fraction of sp³-hybridized carbons (Fsp3) is 0.545. The van der Waals surface area contributed by atoms with Gasteiger partial charge in [0.2, 0.25) is 0 Å². The van der Waals surface area contributed by atoms with E-state index in [1.807, 2.05) is 0 Å². The van der Waals surface area contributed by atoms with E-state index in [1.54, 1.807) is 0 Å². The zero-order chi connectivity index (χ0) is 16.3. The van der Waals surface area contributed by atoms with Crippen LogP contribution in [0.1, 0.15) is 56.9 Å². The maximum Gasteiger partial charge on any atom is -0.00248 e. The van der Waals surface area contributed by atoms with E-state index < -0.39 is 0 Å². The average Bonchev–Trinajstić information content (AvgIpc) is 2.56. The topological polar surface area (TPSA) is 3.24 Å². The van der Waals surface area contributed by atoms with Crippen LogP contribution in [-0.2, 0) is 6.42 Å². The fourth-order valence-electron chi connectivity index (χ4n) is 3.31. The Morgan fingerprint density at radius 2 is 1.26 bits per heavy atom. The molecule has 0 unspecified atom stereocenters. The highest BCUT2D eigenvalue weighted by molar-refractivity contribution is 5.85. The van der Waals surface area contributed by atoms with Crippen LogP contribution in [0.25, 0.3) is 10.8 Å². The van der Waals surface area contributed by atoms with Gasteiger partial charge in [-0.3, -0.25) is 0 Å². The Morgan fingerprint density at radius 1 is 0.652 bits per heavy atom. The number of aryl methyl sites for hydroxylation is 1. The van der Waals surface area contributed by atoms with Gasteiger partial charge in [0.05, 0.1) is 0 Å². The van der Waals surface area contributed by atoms with Gasteiger partial charge in [0, 0.05) is 0 Å². The van der Waals surface area contributed by atoms with E-state index in [4.69, 9.17) is 0 Å². The molecule has 0 fully saturated rings. The molecule has 0 heterocycles. The van der Waals surface area contributed by atoms with Crippen molar-refractivity contribution in [1.82, 2.24) is 4.90 Å². The molecule has 23 heavy (non-hydrogen) atoms. The molecule has 0 atom stereocenters. The van der Waals surface area contributed by atoms with E-state index in [9.17, 15) is 0 Å². The number of hydrogen-bond donors (Lipinski definition) is 0. The minimum atomic E-state index is 1.23. The second-order valence-electron chi connectivity index (χ2n) is 7.02. The maximum atomic E-state index is 2.30. The molecule has 0 spiro atoms. The van der Waals surface area contributed by atoms with Crippen molar-refractivity contribution in [2.24, 2.45) is 0 Å². The van der Waals surface area contributed by atoms with Crippen LogP contribution in [0.2, 0.25) is 0 Å². The van der Waals surface area contributed by atoms with Crippen LogP contribution in [0.5, 0.6) is 0 Å². The van der Waals surface area contributed by atoms with Gasteiger partial charge in [0.15, 0.2) is 0 Å². The summed E-state index contributed by atoms with van der Waals surface area (Å²) in [5, 5.41) is 2.82. The summed E-state index contributed by atoms with van der Waals surface area (Å²) in [6, 6.07) is 15.5. The minimum absolute atomic E-state index is 1.23. The summed E-state index contributed by atoms with van der Waals surface area (Å²) in [5.74, 6) is 0. The summed E-state index contributed by atoms with van der Waals surface area (Å²) in [7, 11) is 4.33. The van der Waals surface area contributed by atoms with Crippen molar-refractivity contribution < 1.29 is 0 Å². The molecule has 0 aliphatic rings. The van der Waals surface area contributed by atoms with Crippen LogP contribution in [-0.4, -0.2) is 25.5 Å². The number of rotatable bonds is 11. The van der Waals surface area contributed by atoms with Crippen molar-refractivity contribution >= 4 is 10.8 Å². The molecule has 2 aromatic rings. The predicted octanol–water partition coefficient (Wildman–Crippen LogP) is 6.06. The molecule has 2 aromatic carbocycles. The highest BCUT2D eigenvalue weighted by atomic mass is 15.0. The Morgan fingerprint density at radius 3 is 2.00 bits per heavy atom. The number of fused-ring (bicyclic) bond motifs is 1. The second-order valence-corrected chi connectivity index (χ2v) is 7.02. The van der Waals surface area contributed by atoms with E-state index in [0.29, 0.717) is 0 Å². The summed E-state index contributed by atoms with van der Waals surface area (Å²) in [5.41, 5.74) is 1.52. The minimum Gasteiger partial charge on any atom is -0.309 e. The van der Waals surface area contributed by atoms with Gasteiger partial charge < -0.3 is 4.90 Å². The Balaban J connectivity index is 1.55. The van der Waals surface area contributed by atoms with Crippen LogP contribution in [0.4, 0.5) is 0 Å². The molecule has 0 bridgehead atoms. The molecule has 126 valence electrons. The summed E-state index contributed by atoms with van der Waals surface area (Å²) in [6.45, 7) is 1.24. The first kappa shape index (κ1) is 18.0. The Hall–Kier alpha value is -1.34. The van der Waals surface area contributed by atoms with Crippen molar-refractivity contribution in [2.45, 2.75) is 57.8 Å². The molecular formula is C22H33N. The van der Waals surface area contributed by atoms with Gasteiger partial charge in [-0.05, 0) is 56.2 Å². The van der Waals surface area contributed by atoms with Gasteiger partial charge in [-0.1, -0.05) is 81.0 Å².